The standard InChI is InChI=1S/C14H7Cl2F3O2/c15-12-9(5-3-6-10(12)13(16)20)8-4-1-2-7-11(8)21-14(17,18)19/h1-7H. The maximum absolute atomic E-state index is 12.4. The summed E-state index contributed by atoms with van der Waals surface area (Å²) < 4.78 is 41.2. The molecule has 2 nitrogen and oxygen atoms in total. The van der Waals surface area contributed by atoms with Crippen LogP contribution in [0.2, 0.25) is 5.02 Å². The summed E-state index contributed by atoms with van der Waals surface area (Å²) in [7, 11) is 0. The van der Waals surface area contributed by atoms with Crippen LogP contribution in [0.5, 0.6) is 5.75 Å². The van der Waals surface area contributed by atoms with Crippen molar-refractivity contribution < 1.29 is 22.7 Å². The van der Waals surface area contributed by atoms with Gasteiger partial charge in [0.25, 0.3) is 5.24 Å². The molecule has 0 saturated heterocycles. The number of benzene rings is 2. The quantitative estimate of drug-likeness (QED) is 0.713. The summed E-state index contributed by atoms with van der Waals surface area (Å²) in [4.78, 5) is 11.2. The molecule has 0 aliphatic heterocycles. The van der Waals surface area contributed by atoms with Crippen molar-refractivity contribution in [2.24, 2.45) is 0 Å². The molecule has 7 heteroatoms. The van der Waals surface area contributed by atoms with Crippen molar-refractivity contribution in [3.05, 3.63) is 53.1 Å². The third-order valence-electron chi connectivity index (χ3n) is 2.61. The van der Waals surface area contributed by atoms with Gasteiger partial charge in [0.15, 0.2) is 0 Å². The van der Waals surface area contributed by atoms with Crippen molar-refractivity contribution in [1.82, 2.24) is 0 Å². The average molecular weight is 335 g/mol. The molecular formula is C14H7Cl2F3O2. The number of halogens is 5. The first-order chi connectivity index (χ1) is 9.79. The zero-order valence-electron chi connectivity index (χ0n) is 10.2. The fourth-order valence-electron chi connectivity index (χ4n) is 1.79. The number of ether oxygens (including phenoxy) is 1. The van der Waals surface area contributed by atoms with Gasteiger partial charge in [0, 0.05) is 11.1 Å². The van der Waals surface area contributed by atoms with Gasteiger partial charge in [-0.15, -0.1) is 13.2 Å². The van der Waals surface area contributed by atoms with Gasteiger partial charge in [-0.2, -0.15) is 0 Å². The van der Waals surface area contributed by atoms with E-state index in [1.165, 1.54) is 36.4 Å². The van der Waals surface area contributed by atoms with Crippen LogP contribution in [0.4, 0.5) is 13.2 Å². The van der Waals surface area contributed by atoms with E-state index < -0.39 is 17.4 Å². The van der Waals surface area contributed by atoms with E-state index in [1.54, 1.807) is 0 Å². The first-order valence-electron chi connectivity index (χ1n) is 5.63. The largest absolute Gasteiger partial charge is 0.573 e. The van der Waals surface area contributed by atoms with E-state index >= 15 is 0 Å². The second-order valence-electron chi connectivity index (χ2n) is 3.98. The second kappa shape index (κ2) is 5.95. The van der Waals surface area contributed by atoms with E-state index in [0.29, 0.717) is 0 Å². The highest BCUT2D eigenvalue weighted by atomic mass is 35.5. The van der Waals surface area contributed by atoms with Crippen molar-refractivity contribution in [3.63, 3.8) is 0 Å². The van der Waals surface area contributed by atoms with Crippen molar-refractivity contribution in [3.8, 4) is 16.9 Å². The van der Waals surface area contributed by atoms with Gasteiger partial charge in [0.05, 0.1) is 10.6 Å². The molecule has 0 fully saturated rings. The molecule has 0 radical (unpaired) electrons. The van der Waals surface area contributed by atoms with E-state index in [2.05, 4.69) is 4.74 Å². The molecule has 0 aromatic heterocycles. The smallest absolute Gasteiger partial charge is 0.405 e. The molecule has 0 unspecified atom stereocenters. The van der Waals surface area contributed by atoms with Crippen molar-refractivity contribution in [2.75, 3.05) is 0 Å². The number of hydrogen-bond acceptors (Lipinski definition) is 2. The normalized spacial score (nSPS) is 11.3. The molecule has 0 bridgehead atoms. The Morgan fingerprint density at radius 2 is 1.62 bits per heavy atom. The zero-order chi connectivity index (χ0) is 15.6. The van der Waals surface area contributed by atoms with Gasteiger partial charge in [0.1, 0.15) is 5.75 Å². The van der Waals surface area contributed by atoms with Gasteiger partial charge >= 0.3 is 6.36 Å². The summed E-state index contributed by atoms with van der Waals surface area (Å²) >= 11 is 11.4. The Morgan fingerprint density at radius 1 is 1.00 bits per heavy atom. The number of carbonyl (C=O) groups excluding carboxylic acids is 1. The maximum Gasteiger partial charge on any atom is 0.573 e. The summed E-state index contributed by atoms with van der Waals surface area (Å²) in [6.45, 7) is 0. The van der Waals surface area contributed by atoms with Gasteiger partial charge in [-0.3, -0.25) is 4.79 Å². The van der Waals surface area contributed by atoms with Crippen LogP contribution in [0.25, 0.3) is 11.1 Å². The molecule has 0 saturated carbocycles. The van der Waals surface area contributed by atoms with Crippen LogP contribution < -0.4 is 4.74 Å². The third kappa shape index (κ3) is 3.68. The highest BCUT2D eigenvalue weighted by Gasteiger charge is 2.32. The molecule has 2 aromatic carbocycles. The monoisotopic (exact) mass is 334 g/mol. The second-order valence-corrected chi connectivity index (χ2v) is 4.71. The van der Waals surface area contributed by atoms with Crippen LogP contribution in [-0.2, 0) is 0 Å². The number of alkyl halides is 3. The Balaban J connectivity index is 2.58. The van der Waals surface area contributed by atoms with E-state index in [4.69, 9.17) is 23.2 Å². The Labute approximate surface area is 128 Å². The molecular weight excluding hydrogens is 328 g/mol. The van der Waals surface area contributed by atoms with E-state index in [0.717, 1.165) is 6.07 Å². The Morgan fingerprint density at radius 3 is 2.24 bits per heavy atom. The van der Waals surface area contributed by atoms with Crippen molar-refractivity contribution >= 4 is 28.4 Å². The molecule has 0 N–H and O–H groups in total. The minimum atomic E-state index is -4.83. The average Bonchev–Trinajstić information content (AvgIpc) is 2.38. The summed E-state index contributed by atoms with van der Waals surface area (Å²) in [6, 6.07) is 9.83. The molecule has 0 aliphatic carbocycles. The maximum atomic E-state index is 12.4. The van der Waals surface area contributed by atoms with Gasteiger partial charge in [-0.25, -0.2) is 0 Å². The van der Waals surface area contributed by atoms with Crippen molar-refractivity contribution in [1.29, 1.82) is 0 Å². The fourth-order valence-corrected chi connectivity index (χ4v) is 2.31. The van der Waals surface area contributed by atoms with E-state index in [-0.39, 0.29) is 21.7 Å². The topological polar surface area (TPSA) is 26.3 Å². The summed E-state index contributed by atoms with van der Waals surface area (Å²) in [6.07, 6.45) is -4.83. The summed E-state index contributed by atoms with van der Waals surface area (Å²) in [5, 5.41) is -0.827. The van der Waals surface area contributed by atoms with Crippen LogP contribution in [0.3, 0.4) is 0 Å². The fraction of sp³-hybridized carbons (Fsp3) is 0.0714. The van der Waals surface area contributed by atoms with Gasteiger partial charge in [-0.05, 0) is 23.7 Å². The SMILES string of the molecule is O=C(Cl)c1cccc(-c2ccccc2OC(F)(F)F)c1Cl. The highest BCUT2D eigenvalue weighted by molar-refractivity contribution is 6.69. The molecule has 110 valence electrons. The van der Waals surface area contributed by atoms with Crippen molar-refractivity contribution in [2.45, 2.75) is 6.36 Å². The summed E-state index contributed by atoms with van der Waals surface area (Å²) in [5.41, 5.74) is 0.347. The number of hydrogen-bond donors (Lipinski definition) is 0. The van der Waals surface area contributed by atoms with Crippen LogP contribution in [0.15, 0.2) is 42.5 Å². The lowest BCUT2D eigenvalue weighted by Gasteiger charge is -2.14. The molecule has 0 spiro atoms. The first kappa shape index (κ1) is 15.7. The Hall–Kier alpha value is -1.72. The lowest BCUT2D eigenvalue weighted by Crippen LogP contribution is -2.17. The van der Waals surface area contributed by atoms with Crippen LogP contribution in [0, 0.1) is 0 Å². The Bertz CT molecular complexity index is 684. The Kier molecular flexibility index (Phi) is 4.44. The minimum Gasteiger partial charge on any atom is -0.405 e. The van der Waals surface area contributed by atoms with Crippen LogP contribution in [-0.4, -0.2) is 11.6 Å². The number of rotatable bonds is 3. The lowest BCUT2D eigenvalue weighted by atomic mass is 10.0. The lowest BCUT2D eigenvalue weighted by molar-refractivity contribution is -0.274. The van der Waals surface area contributed by atoms with Gasteiger partial charge in [0.2, 0.25) is 0 Å². The van der Waals surface area contributed by atoms with E-state index in [1.807, 2.05) is 0 Å². The first-order valence-corrected chi connectivity index (χ1v) is 6.38. The summed E-state index contributed by atoms with van der Waals surface area (Å²) in [5.74, 6) is -0.411. The number of para-hydroxylation sites is 1. The van der Waals surface area contributed by atoms with E-state index in [9.17, 15) is 18.0 Å². The molecule has 0 heterocycles. The predicted octanol–water partition coefficient (Wildman–Crippen LogP) is 5.28. The number of carbonyl (C=O) groups is 1. The molecule has 2 aromatic rings. The van der Waals surface area contributed by atoms with Gasteiger partial charge in [-0.1, -0.05) is 41.9 Å². The third-order valence-corrected chi connectivity index (χ3v) is 3.22. The predicted molar refractivity (Wildman–Crippen MR) is 73.8 cm³/mol. The van der Waals surface area contributed by atoms with Crippen LogP contribution >= 0.6 is 23.2 Å². The van der Waals surface area contributed by atoms with Gasteiger partial charge < -0.3 is 4.74 Å². The zero-order valence-corrected chi connectivity index (χ0v) is 11.8. The minimum absolute atomic E-state index is 0.0117. The molecule has 0 aliphatic rings. The highest BCUT2D eigenvalue weighted by Crippen LogP contribution is 2.38. The van der Waals surface area contributed by atoms with Crippen LogP contribution in [0.1, 0.15) is 10.4 Å². The molecule has 0 amide bonds. The molecule has 0 atom stereocenters. The molecule has 2 rings (SSSR count). The molecule has 21 heavy (non-hydrogen) atoms.